The minimum absolute atomic E-state index is 0.0626. The predicted octanol–water partition coefficient (Wildman–Crippen LogP) is 2.26. The maximum Gasteiger partial charge on any atom is 0.316 e. The standard InChI is InChI=1S/C24H29N4O3/c1-16-27(11-12-28(16)15-31-23(30)24(14-25)9-10-24)13-17-7-8-20-21(22(17)29)18-5-3-4-6-19(18)26(20)2/h3-6,11-12,17H,7-10,13-15,25H2,1-2H3/q+1. The van der Waals surface area contributed by atoms with Crippen LogP contribution in [0.15, 0.2) is 36.7 Å². The number of nitrogens with two attached hydrogens (primary N) is 1. The molecule has 2 aromatic heterocycles. The minimum Gasteiger partial charge on any atom is -0.424 e. The Kier molecular flexibility index (Phi) is 4.73. The van der Waals surface area contributed by atoms with Crippen LogP contribution in [0.3, 0.4) is 0 Å². The average Bonchev–Trinajstić information content (AvgIpc) is 3.44. The van der Waals surface area contributed by atoms with Crippen molar-refractivity contribution in [3.63, 3.8) is 0 Å². The number of ketones is 1. The van der Waals surface area contributed by atoms with Gasteiger partial charge in [0.15, 0.2) is 5.78 Å². The first kappa shape index (κ1) is 20.0. The highest BCUT2D eigenvalue weighted by Gasteiger charge is 2.50. The summed E-state index contributed by atoms with van der Waals surface area (Å²) in [7, 11) is 2.05. The smallest absolute Gasteiger partial charge is 0.316 e. The normalized spacial score (nSPS) is 19.5. The van der Waals surface area contributed by atoms with E-state index >= 15 is 0 Å². The molecular formula is C24H29N4O3+. The van der Waals surface area contributed by atoms with Gasteiger partial charge in [-0.3, -0.25) is 9.59 Å². The van der Waals surface area contributed by atoms with Crippen LogP contribution in [0.25, 0.3) is 10.9 Å². The first-order chi connectivity index (χ1) is 14.9. The molecule has 1 unspecified atom stereocenters. The van der Waals surface area contributed by atoms with Crippen LogP contribution < -0.4 is 10.3 Å². The van der Waals surface area contributed by atoms with Crippen molar-refractivity contribution in [1.82, 2.24) is 9.13 Å². The number of Topliss-reactive ketones (excluding diaryl/α,β-unsaturated/α-hetero) is 1. The maximum absolute atomic E-state index is 13.4. The average molecular weight is 422 g/mol. The number of esters is 1. The molecule has 2 aliphatic rings. The zero-order chi connectivity index (χ0) is 21.8. The van der Waals surface area contributed by atoms with Gasteiger partial charge in [-0.25, -0.2) is 4.57 Å². The Morgan fingerprint density at radius 2 is 2.10 bits per heavy atom. The fourth-order valence-corrected chi connectivity index (χ4v) is 4.87. The number of aromatic nitrogens is 3. The number of aryl methyl sites for hydroxylation is 1. The molecule has 1 aromatic carbocycles. The van der Waals surface area contributed by atoms with Crippen LogP contribution in [0.4, 0.5) is 0 Å². The molecule has 31 heavy (non-hydrogen) atoms. The van der Waals surface area contributed by atoms with Crippen molar-refractivity contribution in [3.8, 4) is 0 Å². The zero-order valence-electron chi connectivity index (χ0n) is 18.1. The number of para-hydroxylation sites is 1. The van der Waals surface area contributed by atoms with Gasteiger partial charge in [-0.2, -0.15) is 4.57 Å². The van der Waals surface area contributed by atoms with Crippen LogP contribution in [-0.4, -0.2) is 27.4 Å². The number of nitrogens with zero attached hydrogens (tertiary/aromatic N) is 3. The summed E-state index contributed by atoms with van der Waals surface area (Å²) in [4.78, 5) is 25.7. The van der Waals surface area contributed by atoms with E-state index in [2.05, 4.69) is 15.2 Å². The Hall–Kier alpha value is -2.93. The lowest BCUT2D eigenvalue weighted by atomic mass is 9.85. The van der Waals surface area contributed by atoms with E-state index in [1.165, 1.54) is 0 Å². The second-order valence-corrected chi connectivity index (χ2v) is 9.01. The second-order valence-electron chi connectivity index (χ2n) is 9.01. The maximum atomic E-state index is 13.4. The third-order valence-corrected chi connectivity index (χ3v) is 7.26. The van der Waals surface area contributed by atoms with Gasteiger partial charge < -0.3 is 15.0 Å². The molecule has 2 heterocycles. The van der Waals surface area contributed by atoms with Crippen LogP contribution in [-0.2, 0) is 36.3 Å². The third-order valence-electron chi connectivity index (χ3n) is 7.26. The first-order valence-corrected chi connectivity index (χ1v) is 11.0. The van der Waals surface area contributed by atoms with E-state index in [0.29, 0.717) is 13.1 Å². The number of imidazole rings is 1. The van der Waals surface area contributed by atoms with Gasteiger partial charge in [-0.15, -0.1) is 0 Å². The number of hydrogen-bond donors (Lipinski definition) is 1. The monoisotopic (exact) mass is 421 g/mol. The van der Waals surface area contributed by atoms with Crippen molar-refractivity contribution in [2.75, 3.05) is 6.54 Å². The van der Waals surface area contributed by atoms with E-state index < -0.39 is 5.41 Å². The highest BCUT2D eigenvalue weighted by atomic mass is 16.5. The summed E-state index contributed by atoms with van der Waals surface area (Å²) in [5.74, 6) is 0.914. The Balaban J connectivity index is 1.32. The second kappa shape index (κ2) is 7.34. The van der Waals surface area contributed by atoms with Crippen molar-refractivity contribution >= 4 is 22.7 Å². The Morgan fingerprint density at radius 1 is 1.32 bits per heavy atom. The molecule has 0 saturated heterocycles. The largest absolute Gasteiger partial charge is 0.424 e. The summed E-state index contributed by atoms with van der Waals surface area (Å²) in [6.45, 7) is 3.13. The molecule has 0 aliphatic heterocycles. The summed E-state index contributed by atoms with van der Waals surface area (Å²) in [6.07, 6.45) is 7.23. The molecule has 5 rings (SSSR count). The van der Waals surface area contributed by atoms with Crippen molar-refractivity contribution in [1.29, 1.82) is 0 Å². The van der Waals surface area contributed by atoms with Crippen LogP contribution in [0, 0.1) is 18.3 Å². The molecule has 0 amide bonds. The molecule has 3 aromatic rings. The number of ether oxygens (including phenoxy) is 1. The van der Waals surface area contributed by atoms with Gasteiger partial charge in [0, 0.05) is 42.7 Å². The van der Waals surface area contributed by atoms with E-state index in [0.717, 1.165) is 53.7 Å². The number of fused-ring (bicyclic) bond motifs is 3. The summed E-state index contributed by atoms with van der Waals surface area (Å²) in [6, 6.07) is 8.14. The topological polar surface area (TPSA) is 83.1 Å². The molecule has 0 spiro atoms. The van der Waals surface area contributed by atoms with Crippen molar-refractivity contribution in [2.45, 2.75) is 45.9 Å². The van der Waals surface area contributed by atoms with E-state index in [1.54, 1.807) is 0 Å². The SMILES string of the molecule is Cc1n(CC2CCc3c(c4ccccc4n3C)C2=O)cc[n+]1COC(=O)C1(CN)CC1. The molecule has 0 radical (unpaired) electrons. The van der Waals surface area contributed by atoms with Gasteiger partial charge in [0.25, 0.3) is 5.82 Å². The van der Waals surface area contributed by atoms with E-state index in [9.17, 15) is 9.59 Å². The molecule has 7 nitrogen and oxygen atoms in total. The lowest BCUT2D eigenvalue weighted by Crippen LogP contribution is -2.40. The fourth-order valence-electron chi connectivity index (χ4n) is 4.87. The van der Waals surface area contributed by atoms with E-state index in [4.69, 9.17) is 10.5 Å². The van der Waals surface area contributed by atoms with Crippen molar-refractivity contribution in [3.05, 3.63) is 53.7 Å². The van der Waals surface area contributed by atoms with E-state index in [1.807, 2.05) is 49.1 Å². The van der Waals surface area contributed by atoms with Gasteiger partial charge in [0.05, 0.1) is 11.3 Å². The van der Waals surface area contributed by atoms with Crippen molar-refractivity contribution in [2.24, 2.45) is 24.1 Å². The molecule has 1 atom stereocenters. The van der Waals surface area contributed by atoms with Gasteiger partial charge in [-0.05, 0) is 31.7 Å². The number of benzene rings is 1. The van der Waals surface area contributed by atoms with E-state index in [-0.39, 0.29) is 24.4 Å². The highest BCUT2D eigenvalue weighted by Crippen LogP contribution is 2.45. The van der Waals surface area contributed by atoms with Crippen molar-refractivity contribution < 1.29 is 18.9 Å². The van der Waals surface area contributed by atoms with Crippen LogP contribution in [0.5, 0.6) is 0 Å². The highest BCUT2D eigenvalue weighted by molar-refractivity contribution is 6.11. The minimum atomic E-state index is -0.457. The fraction of sp³-hybridized carbons (Fsp3) is 0.458. The first-order valence-electron chi connectivity index (χ1n) is 11.0. The summed E-state index contributed by atoms with van der Waals surface area (Å²) < 4.78 is 11.7. The molecular weight excluding hydrogens is 392 g/mol. The lowest BCUT2D eigenvalue weighted by Gasteiger charge is -2.21. The number of carbonyl (C=O) groups excluding carboxylic acids is 2. The number of carbonyl (C=O) groups is 2. The molecule has 7 heteroatoms. The molecule has 2 aliphatic carbocycles. The number of rotatable bonds is 6. The van der Waals surface area contributed by atoms with Gasteiger partial charge in [-0.1, -0.05) is 18.2 Å². The molecule has 2 N–H and O–H groups in total. The summed E-state index contributed by atoms with van der Waals surface area (Å²) in [5, 5.41) is 1.05. The third kappa shape index (κ3) is 3.19. The Bertz CT molecular complexity index is 1190. The quantitative estimate of drug-likeness (QED) is 0.489. The zero-order valence-corrected chi connectivity index (χ0v) is 18.1. The summed E-state index contributed by atoms with van der Waals surface area (Å²) >= 11 is 0. The molecule has 1 fully saturated rings. The van der Waals surface area contributed by atoms with Gasteiger partial charge in [0.2, 0.25) is 6.73 Å². The van der Waals surface area contributed by atoms with Crippen LogP contribution in [0.2, 0.25) is 0 Å². The number of hydrogen-bond acceptors (Lipinski definition) is 4. The molecule has 162 valence electrons. The van der Waals surface area contributed by atoms with Gasteiger partial charge in [0.1, 0.15) is 18.9 Å². The molecule has 1 saturated carbocycles. The Morgan fingerprint density at radius 3 is 2.84 bits per heavy atom. The van der Waals surface area contributed by atoms with Gasteiger partial charge >= 0.3 is 5.97 Å². The van der Waals surface area contributed by atoms with Crippen LogP contribution in [0.1, 0.15) is 41.1 Å². The molecule has 0 bridgehead atoms. The summed E-state index contributed by atoms with van der Waals surface area (Å²) in [5.41, 5.74) is 8.40. The Labute approximate surface area is 181 Å². The predicted molar refractivity (Wildman–Crippen MR) is 115 cm³/mol. The van der Waals surface area contributed by atoms with Crippen LogP contribution >= 0.6 is 0 Å². The lowest BCUT2D eigenvalue weighted by molar-refractivity contribution is -0.732.